The molecule has 1 heterocycles. The van der Waals surface area contributed by atoms with Crippen molar-refractivity contribution in [1.82, 2.24) is 9.78 Å². The van der Waals surface area contributed by atoms with Crippen molar-refractivity contribution in [3.63, 3.8) is 0 Å². The predicted molar refractivity (Wildman–Crippen MR) is 92.4 cm³/mol. The van der Waals surface area contributed by atoms with Gasteiger partial charge >= 0.3 is 0 Å². The van der Waals surface area contributed by atoms with E-state index < -0.39 is 0 Å². The van der Waals surface area contributed by atoms with Crippen LogP contribution in [0.25, 0.3) is 0 Å². The van der Waals surface area contributed by atoms with Crippen LogP contribution in [0, 0.1) is 11.8 Å². The molecule has 23 heavy (non-hydrogen) atoms. The number of nitrogens with one attached hydrogen (secondary N) is 1. The third-order valence-corrected chi connectivity index (χ3v) is 4.42. The van der Waals surface area contributed by atoms with Gasteiger partial charge in [-0.25, -0.2) is 4.68 Å². The van der Waals surface area contributed by atoms with E-state index in [2.05, 4.69) is 45.1 Å². The Labute approximate surface area is 137 Å². The maximum atomic E-state index is 12.3. The molecule has 0 spiro atoms. The molecule has 1 aromatic heterocycles. The number of anilines is 1. The lowest BCUT2D eigenvalue weighted by Gasteiger charge is -2.14. The molecule has 4 nitrogen and oxygen atoms in total. The summed E-state index contributed by atoms with van der Waals surface area (Å²) in [5, 5.41) is 7.81. The van der Waals surface area contributed by atoms with Crippen LogP contribution in [-0.4, -0.2) is 15.7 Å². The van der Waals surface area contributed by atoms with E-state index in [1.165, 1.54) is 5.56 Å². The van der Waals surface area contributed by atoms with E-state index in [4.69, 9.17) is 5.10 Å². The Kier molecular flexibility index (Phi) is 4.00. The minimum Gasteiger partial charge on any atom is -0.311 e. The van der Waals surface area contributed by atoms with Gasteiger partial charge < -0.3 is 5.32 Å². The van der Waals surface area contributed by atoms with Gasteiger partial charge in [-0.3, -0.25) is 4.79 Å². The third kappa shape index (κ3) is 3.63. The normalized spacial score (nSPS) is 20.3. The molecule has 2 aromatic rings. The zero-order chi connectivity index (χ0) is 16.6. The number of hydrogen-bond donors (Lipinski definition) is 1. The zero-order valence-electron chi connectivity index (χ0n) is 14.3. The first-order valence-electron chi connectivity index (χ1n) is 8.28. The molecule has 4 heteroatoms. The lowest BCUT2D eigenvalue weighted by atomic mass is 9.92. The molecule has 1 fully saturated rings. The fourth-order valence-corrected chi connectivity index (χ4v) is 2.67. The third-order valence-electron chi connectivity index (χ3n) is 4.42. The lowest BCUT2D eigenvalue weighted by Crippen LogP contribution is -2.18. The molecule has 1 aromatic carbocycles. The largest absolute Gasteiger partial charge is 0.311 e. The highest BCUT2D eigenvalue weighted by atomic mass is 16.2. The molecule has 1 aliphatic rings. The van der Waals surface area contributed by atoms with Gasteiger partial charge in [-0.15, -0.1) is 0 Å². The van der Waals surface area contributed by atoms with Crippen molar-refractivity contribution in [3.05, 3.63) is 47.7 Å². The monoisotopic (exact) mass is 311 g/mol. The molecule has 2 unspecified atom stereocenters. The average molecular weight is 311 g/mol. The first-order valence-corrected chi connectivity index (χ1v) is 8.28. The van der Waals surface area contributed by atoms with Crippen molar-refractivity contribution in [2.24, 2.45) is 11.8 Å². The minimum absolute atomic E-state index is 0.0473. The molecular formula is C19H25N3O. The first-order chi connectivity index (χ1) is 10.8. The number of amides is 1. The summed E-state index contributed by atoms with van der Waals surface area (Å²) in [5.41, 5.74) is 2.12. The fraction of sp³-hybridized carbons (Fsp3) is 0.474. The van der Waals surface area contributed by atoms with Gasteiger partial charge in [0.15, 0.2) is 0 Å². The summed E-state index contributed by atoms with van der Waals surface area (Å²) in [6.45, 7) is 9.18. The number of carbonyl (C=O) groups is 1. The van der Waals surface area contributed by atoms with Crippen molar-refractivity contribution in [1.29, 1.82) is 0 Å². The van der Waals surface area contributed by atoms with E-state index in [-0.39, 0.29) is 17.2 Å². The Morgan fingerprint density at radius 1 is 1.30 bits per heavy atom. The maximum absolute atomic E-state index is 12.3. The van der Waals surface area contributed by atoms with E-state index in [0.717, 1.165) is 17.9 Å². The van der Waals surface area contributed by atoms with E-state index in [1.807, 2.05) is 28.9 Å². The van der Waals surface area contributed by atoms with Gasteiger partial charge in [0, 0.05) is 17.4 Å². The quantitative estimate of drug-likeness (QED) is 0.933. The van der Waals surface area contributed by atoms with Crippen LogP contribution >= 0.6 is 0 Å². The minimum atomic E-state index is -0.0473. The van der Waals surface area contributed by atoms with Gasteiger partial charge in [0.1, 0.15) is 5.82 Å². The summed E-state index contributed by atoms with van der Waals surface area (Å²) >= 11 is 0. The molecule has 0 aliphatic heterocycles. The summed E-state index contributed by atoms with van der Waals surface area (Å²) in [4.78, 5) is 12.3. The summed E-state index contributed by atoms with van der Waals surface area (Å²) in [6.07, 6.45) is 0.991. The number of aromatic nitrogens is 2. The summed E-state index contributed by atoms with van der Waals surface area (Å²) in [6, 6.07) is 12.2. The van der Waals surface area contributed by atoms with Crippen LogP contribution in [0.1, 0.15) is 45.4 Å². The molecular weight excluding hydrogens is 286 g/mol. The number of rotatable bonds is 4. The number of carbonyl (C=O) groups excluding carboxylic acids is 1. The first kappa shape index (κ1) is 15.8. The topological polar surface area (TPSA) is 46.9 Å². The van der Waals surface area contributed by atoms with Gasteiger partial charge in [0.2, 0.25) is 5.91 Å². The van der Waals surface area contributed by atoms with E-state index in [0.29, 0.717) is 12.5 Å². The van der Waals surface area contributed by atoms with Gasteiger partial charge in [-0.2, -0.15) is 5.10 Å². The molecule has 1 amide bonds. The van der Waals surface area contributed by atoms with Crippen LogP contribution in [-0.2, 0) is 16.8 Å². The van der Waals surface area contributed by atoms with E-state index in [1.54, 1.807) is 0 Å². The maximum Gasteiger partial charge on any atom is 0.228 e. The number of nitrogens with zero attached hydrogens (tertiary/aromatic N) is 2. The van der Waals surface area contributed by atoms with E-state index in [9.17, 15) is 4.79 Å². The second-order valence-electron chi connectivity index (χ2n) is 7.62. The zero-order valence-corrected chi connectivity index (χ0v) is 14.3. The van der Waals surface area contributed by atoms with Crippen LogP contribution in [0.4, 0.5) is 5.82 Å². The van der Waals surface area contributed by atoms with Crippen LogP contribution in [0.5, 0.6) is 0 Å². The SMILES string of the molecule is CC1CC1C(=O)Nc1cc(C(C)(C)C)nn1Cc1ccccc1. The smallest absolute Gasteiger partial charge is 0.228 e. The summed E-state index contributed by atoms with van der Waals surface area (Å²) < 4.78 is 1.90. The molecule has 122 valence electrons. The molecule has 0 radical (unpaired) electrons. The van der Waals surface area contributed by atoms with Gasteiger partial charge in [-0.05, 0) is 17.9 Å². The summed E-state index contributed by atoms with van der Waals surface area (Å²) in [7, 11) is 0. The van der Waals surface area contributed by atoms with Crippen molar-refractivity contribution in [3.8, 4) is 0 Å². The second-order valence-corrected chi connectivity index (χ2v) is 7.62. The Hall–Kier alpha value is -2.10. The fourth-order valence-electron chi connectivity index (χ4n) is 2.67. The summed E-state index contributed by atoms with van der Waals surface area (Å²) in [5.74, 6) is 1.57. The van der Waals surface area contributed by atoms with Gasteiger partial charge in [0.25, 0.3) is 0 Å². The molecule has 0 saturated heterocycles. The number of benzene rings is 1. The van der Waals surface area contributed by atoms with Crippen molar-refractivity contribution in [2.45, 2.75) is 46.1 Å². The van der Waals surface area contributed by atoms with Gasteiger partial charge in [0.05, 0.1) is 12.2 Å². The Bertz CT molecular complexity index is 697. The van der Waals surface area contributed by atoms with Crippen molar-refractivity contribution in [2.75, 3.05) is 5.32 Å². The average Bonchev–Trinajstić information content (AvgIpc) is 3.09. The van der Waals surface area contributed by atoms with Crippen molar-refractivity contribution < 1.29 is 4.79 Å². The molecule has 1 saturated carbocycles. The number of hydrogen-bond acceptors (Lipinski definition) is 2. The van der Waals surface area contributed by atoms with Crippen molar-refractivity contribution >= 4 is 11.7 Å². The highest BCUT2D eigenvalue weighted by Crippen LogP contribution is 2.38. The van der Waals surface area contributed by atoms with Gasteiger partial charge in [-0.1, -0.05) is 58.0 Å². The predicted octanol–water partition coefficient (Wildman–Crippen LogP) is 3.82. The van der Waals surface area contributed by atoms with Crippen LogP contribution in [0.2, 0.25) is 0 Å². The Morgan fingerprint density at radius 2 is 1.96 bits per heavy atom. The van der Waals surface area contributed by atoms with E-state index >= 15 is 0 Å². The molecule has 3 rings (SSSR count). The highest BCUT2D eigenvalue weighted by Gasteiger charge is 2.39. The highest BCUT2D eigenvalue weighted by molar-refractivity contribution is 5.93. The molecule has 2 atom stereocenters. The molecule has 1 N–H and O–H groups in total. The Balaban J connectivity index is 1.86. The van der Waals surface area contributed by atoms with Crippen LogP contribution in [0.15, 0.2) is 36.4 Å². The van der Waals surface area contributed by atoms with Crippen LogP contribution < -0.4 is 5.32 Å². The molecule has 0 bridgehead atoms. The standard InChI is InChI=1S/C19H25N3O/c1-13-10-15(13)18(23)20-17-11-16(19(2,3)4)21-22(17)12-14-8-6-5-7-9-14/h5-9,11,13,15H,10,12H2,1-4H3,(H,20,23). The Morgan fingerprint density at radius 3 is 2.52 bits per heavy atom. The second kappa shape index (κ2) is 5.84. The molecule has 1 aliphatic carbocycles. The van der Waals surface area contributed by atoms with Crippen LogP contribution in [0.3, 0.4) is 0 Å². The lowest BCUT2D eigenvalue weighted by molar-refractivity contribution is -0.117.